The number of alkyl carbamates (subject to hydrolysis) is 1. The number of benzene rings is 1. The van der Waals surface area contributed by atoms with Crippen LogP contribution < -0.4 is 14.8 Å². The van der Waals surface area contributed by atoms with E-state index >= 15 is 0 Å². The SMILES string of the molecule is CC[C@@H]1[C@@H]2CN(C(=O)[C@H](C(C)(C)C)NC(=O)O[C@@H]3C[C@H]3CCCCCc3nc4ccc(OCc5ncc(C)o5)cc4nc3O2)[C@@H]1C(C)=O. The van der Waals surface area contributed by atoms with Gasteiger partial charge in [-0.2, -0.15) is 0 Å². The lowest BCUT2D eigenvalue weighted by Gasteiger charge is -2.35. The molecule has 1 aliphatic carbocycles. The molecule has 6 rings (SSSR count). The predicted octanol–water partition coefficient (Wildman–Crippen LogP) is 5.72. The summed E-state index contributed by atoms with van der Waals surface area (Å²) >= 11 is 0. The van der Waals surface area contributed by atoms with E-state index in [0.717, 1.165) is 43.3 Å². The minimum absolute atomic E-state index is 0.129. The first-order chi connectivity index (χ1) is 22.9. The van der Waals surface area contributed by atoms with E-state index in [9.17, 15) is 14.4 Å². The van der Waals surface area contributed by atoms with Gasteiger partial charge in [0.2, 0.25) is 17.7 Å². The normalized spacial score (nSPS) is 26.8. The Morgan fingerprint density at radius 1 is 1.08 bits per heavy atom. The predicted molar refractivity (Wildman–Crippen MR) is 176 cm³/mol. The number of carbonyl (C=O) groups excluding carboxylic acids is 3. The number of carbonyl (C=O) groups is 3. The van der Waals surface area contributed by atoms with Crippen LogP contribution >= 0.6 is 0 Å². The molecule has 1 aromatic carbocycles. The van der Waals surface area contributed by atoms with Gasteiger partial charge >= 0.3 is 6.09 Å². The Labute approximate surface area is 281 Å². The summed E-state index contributed by atoms with van der Waals surface area (Å²) in [6.07, 6.45) is 6.37. The lowest BCUT2D eigenvalue weighted by atomic mass is 9.85. The van der Waals surface area contributed by atoms with Gasteiger partial charge in [0, 0.05) is 12.0 Å². The van der Waals surface area contributed by atoms with Gasteiger partial charge in [-0.15, -0.1) is 0 Å². The fraction of sp³-hybridized carbons (Fsp3) is 0.611. The molecule has 0 unspecified atom stereocenters. The summed E-state index contributed by atoms with van der Waals surface area (Å²) < 4.78 is 23.9. The number of aromatic nitrogens is 3. The van der Waals surface area contributed by atoms with Crippen LogP contribution in [0.5, 0.6) is 11.6 Å². The van der Waals surface area contributed by atoms with Crippen LogP contribution in [0.15, 0.2) is 28.8 Å². The van der Waals surface area contributed by atoms with Crippen molar-refractivity contribution in [1.82, 2.24) is 25.2 Å². The minimum atomic E-state index is -0.895. The molecule has 2 fully saturated rings. The summed E-state index contributed by atoms with van der Waals surface area (Å²) in [5.41, 5.74) is 1.44. The van der Waals surface area contributed by atoms with E-state index < -0.39 is 29.7 Å². The zero-order valence-corrected chi connectivity index (χ0v) is 28.8. The van der Waals surface area contributed by atoms with Gasteiger partial charge in [0.15, 0.2) is 12.4 Å². The number of nitrogens with one attached hydrogen (secondary N) is 1. The number of ether oxygens (including phenoxy) is 3. The topological polar surface area (TPSA) is 146 Å². The average molecular weight is 662 g/mol. The van der Waals surface area contributed by atoms with E-state index in [2.05, 4.69) is 10.3 Å². The van der Waals surface area contributed by atoms with Gasteiger partial charge in [-0.1, -0.05) is 40.5 Å². The van der Waals surface area contributed by atoms with E-state index in [1.165, 1.54) is 6.92 Å². The fourth-order valence-corrected chi connectivity index (χ4v) is 7.04. The van der Waals surface area contributed by atoms with Gasteiger partial charge in [0.25, 0.3) is 0 Å². The highest BCUT2D eigenvalue weighted by Gasteiger charge is 2.50. The van der Waals surface area contributed by atoms with Gasteiger partial charge < -0.3 is 28.8 Å². The van der Waals surface area contributed by atoms with Crippen molar-refractivity contribution in [3.05, 3.63) is 41.7 Å². The second-order valence-corrected chi connectivity index (χ2v) is 14.5. The number of oxazole rings is 1. The number of hydrogen-bond acceptors (Lipinski definition) is 10. The van der Waals surface area contributed by atoms with Gasteiger partial charge in [-0.3, -0.25) is 9.59 Å². The molecule has 12 heteroatoms. The minimum Gasteiger partial charge on any atom is -0.484 e. The summed E-state index contributed by atoms with van der Waals surface area (Å²) in [5, 5.41) is 2.86. The number of rotatable bonds is 5. The molecule has 1 saturated carbocycles. The molecular weight excluding hydrogens is 614 g/mol. The van der Waals surface area contributed by atoms with Crippen molar-refractivity contribution in [3.63, 3.8) is 0 Å². The Morgan fingerprint density at radius 2 is 1.90 bits per heavy atom. The van der Waals surface area contributed by atoms with Crippen molar-refractivity contribution in [2.24, 2.45) is 17.3 Å². The first-order valence-corrected chi connectivity index (χ1v) is 17.2. The van der Waals surface area contributed by atoms with Crippen LogP contribution in [0.2, 0.25) is 0 Å². The first-order valence-electron chi connectivity index (χ1n) is 17.2. The Kier molecular flexibility index (Phi) is 9.62. The second kappa shape index (κ2) is 13.7. The molecule has 3 aromatic rings. The van der Waals surface area contributed by atoms with Crippen LogP contribution in [0.4, 0.5) is 4.79 Å². The number of nitrogens with zero attached hydrogens (tertiary/aromatic N) is 4. The van der Waals surface area contributed by atoms with Crippen LogP contribution in [0.25, 0.3) is 11.0 Å². The summed E-state index contributed by atoms with van der Waals surface area (Å²) in [6.45, 7) is 11.4. The van der Waals surface area contributed by atoms with E-state index in [0.29, 0.717) is 47.6 Å². The highest BCUT2D eigenvalue weighted by Crippen LogP contribution is 2.39. The van der Waals surface area contributed by atoms with Crippen LogP contribution in [0.3, 0.4) is 0 Å². The van der Waals surface area contributed by atoms with Crippen LogP contribution in [-0.4, -0.2) is 68.5 Å². The molecular formula is C36H47N5O7. The number of hydrogen-bond donors (Lipinski definition) is 1. The first kappa shape index (κ1) is 33.7. The van der Waals surface area contributed by atoms with E-state index in [-0.39, 0.29) is 36.9 Å². The van der Waals surface area contributed by atoms with Crippen molar-refractivity contribution >= 4 is 28.8 Å². The maximum atomic E-state index is 14.3. The molecule has 2 aromatic heterocycles. The Morgan fingerprint density at radius 3 is 2.60 bits per heavy atom. The third-order valence-electron chi connectivity index (χ3n) is 9.71. The van der Waals surface area contributed by atoms with E-state index in [1.807, 2.05) is 52.8 Å². The van der Waals surface area contributed by atoms with Crippen molar-refractivity contribution < 1.29 is 33.0 Å². The molecule has 2 bridgehead atoms. The Hall–Kier alpha value is -4.22. The highest BCUT2D eigenvalue weighted by atomic mass is 16.6. The summed E-state index contributed by atoms with van der Waals surface area (Å²) in [5.74, 6) is 1.77. The van der Waals surface area contributed by atoms with Gasteiger partial charge in [0.05, 0.1) is 29.8 Å². The third-order valence-corrected chi connectivity index (χ3v) is 9.71. The van der Waals surface area contributed by atoms with Crippen molar-refractivity contribution in [1.29, 1.82) is 0 Å². The fourth-order valence-electron chi connectivity index (χ4n) is 7.04. The number of ketones is 1. The molecule has 1 N–H and O–H groups in total. The Bertz CT molecular complexity index is 1670. The smallest absolute Gasteiger partial charge is 0.408 e. The number of fused-ring (bicyclic) bond motifs is 5. The summed E-state index contributed by atoms with van der Waals surface area (Å²) in [7, 11) is 0. The van der Waals surface area contributed by atoms with Crippen molar-refractivity contribution in [2.75, 3.05) is 6.54 Å². The number of amides is 2. The maximum Gasteiger partial charge on any atom is 0.408 e. The molecule has 1 saturated heterocycles. The van der Waals surface area contributed by atoms with E-state index in [1.54, 1.807) is 11.1 Å². The molecule has 48 heavy (non-hydrogen) atoms. The van der Waals surface area contributed by atoms with Crippen LogP contribution in [0, 0.1) is 24.2 Å². The van der Waals surface area contributed by atoms with Crippen LogP contribution in [-0.2, 0) is 27.4 Å². The summed E-state index contributed by atoms with van der Waals surface area (Å²) in [6, 6.07) is 3.95. The quantitative estimate of drug-likeness (QED) is 0.360. The van der Waals surface area contributed by atoms with Crippen LogP contribution in [0.1, 0.15) is 90.5 Å². The van der Waals surface area contributed by atoms with Gasteiger partial charge in [-0.25, -0.2) is 19.7 Å². The zero-order chi connectivity index (χ0) is 34.2. The second-order valence-electron chi connectivity index (χ2n) is 14.5. The standard InChI is InChI=1S/C36H47N5O7/c1-7-24-29-18-41(31(24)21(3)42)34(43)32(36(4,5)6)40-35(44)48-28-15-22(28)11-9-8-10-12-26-33(47-29)39-27-16-23(13-14-25(27)38-26)45-19-30-37-17-20(2)46-30/h13-14,16-17,22,24,28-29,31-32H,7-12,15,18-19H2,1-6H3,(H,40,44)/t22-,24-,28-,29+,31-,32-/m1/s1. The molecule has 12 nitrogen and oxygen atoms in total. The largest absolute Gasteiger partial charge is 0.484 e. The monoisotopic (exact) mass is 661 g/mol. The molecule has 2 aliphatic heterocycles. The molecule has 3 aliphatic rings. The van der Waals surface area contributed by atoms with Gasteiger partial charge in [-0.05, 0) is 69.4 Å². The molecule has 4 heterocycles. The molecule has 2 amide bonds. The van der Waals surface area contributed by atoms with Gasteiger partial charge in [0.1, 0.15) is 35.5 Å². The molecule has 0 radical (unpaired) electrons. The van der Waals surface area contributed by atoms with E-state index in [4.69, 9.17) is 28.6 Å². The lowest BCUT2D eigenvalue weighted by Crippen LogP contribution is -2.57. The number of Topliss-reactive ketones (excluding diaryl/α,β-unsaturated/α-hetero) is 1. The Balaban J connectivity index is 1.33. The highest BCUT2D eigenvalue weighted by molar-refractivity contribution is 5.92. The summed E-state index contributed by atoms with van der Waals surface area (Å²) in [4.78, 5) is 56.2. The molecule has 0 spiro atoms. The van der Waals surface area contributed by atoms with Crippen molar-refractivity contribution in [2.45, 2.75) is 117 Å². The average Bonchev–Trinajstić information content (AvgIpc) is 3.43. The third kappa shape index (κ3) is 7.42. The van der Waals surface area contributed by atoms with Crippen molar-refractivity contribution in [3.8, 4) is 11.6 Å². The molecule has 6 atom stereocenters. The zero-order valence-electron chi connectivity index (χ0n) is 28.8. The maximum absolute atomic E-state index is 14.3. The number of aryl methyl sites for hydroxylation is 2. The molecule has 258 valence electrons. The lowest BCUT2D eigenvalue weighted by molar-refractivity contribution is -0.141.